The molecular weight excluding hydrogens is 182 g/mol. The SMILES string of the molecule is CC(C)(Cl)[Si](C)(Cl)Cl. The van der Waals surface area contributed by atoms with Crippen molar-refractivity contribution in [2.24, 2.45) is 0 Å². The molecule has 0 atom stereocenters. The monoisotopic (exact) mass is 190 g/mol. The standard InChI is InChI=1S/C4H9Cl3Si/c1-4(2,5)8(3,6)7/h1-3H3. The normalized spacial score (nSPS) is 14.2. The molecule has 0 heterocycles. The highest BCUT2D eigenvalue weighted by molar-refractivity contribution is 7.47. The van der Waals surface area contributed by atoms with Gasteiger partial charge < -0.3 is 0 Å². The number of halogens is 3. The second-order valence-electron chi connectivity index (χ2n) is 2.36. The van der Waals surface area contributed by atoms with Crippen LogP contribution < -0.4 is 0 Å². The summed E-state index contributed by atoms with van der Waals surface area (Å²) in [6, 6.07) is 0. The van der Waals surface area contributed by atoms with E-state index in [-0.39, 0.29) is 0 Å². The number of hydrogen-bond acceptors (Lipinski definition) is 0. The first-order valence-corrected chi connectivity index (χ1v) is 7.22. The van der Waals surface area contributed by atoms with Crippen molar-refractivity contribution in [2.45, 2.75) is 24.9 Å². The molecule has 0 aromatic heterocycles. The predicted molar refractivity (Wildman–Crippen MR) is 43.3 cm³/mol. The second-order valence-corrected chi connectivity index (χ2v) is 11.8. The van der Waals surface area contributed by atoms with Crippen LogP contribution in [0.25, 0.3) is 0 Å². The summed E-state index contributed by atoms with van der Waals surface area (Å²) in [5, 5.41) is 0. The summed E-state index contributed by atoms with van der Waals surface area (Å²) in [4.78, 5) is 0. The summed E-state index contributed by atoms with van der Waals surface area (Å²) in [5.74, 6) is 0. The highest BCUT2D eigenvalue weighted by atomic mass is 35.7. The van der Waals surface area contributed by atoms with E-state index in [1.807, 2.05) is 20.4 Å². The van der Waals surface area contributed by atoms with Crippen molar-refractivity contribution < 1.29 is 0 Å². The topological polar surface area (TPSA) is 0 Å². The first kappa shape index (κ1) is 9.09. The van der Waals surface area contributed by atoms with Crippen LogP contribution >= 0.6 is 33.8 Å². The minimum atomic E-state index is -2.15. The van der Waals surface area contributed by atoms with E-state index in [0.29, 0.717) is 0 Å². The van der Waals surface area contributed by atoms with Crippen LogP contribution in [0.15, 0.2) is 0 Å². The van der Waals surface area contributed by atoms with Crippen molar-refractivity contribution in [3.8, 4) is 0 Å². The van der Waals surface area contributed by atoms with E-state index in [1.165, 1.54) is 0 Å². The van der Waals surface area contributed by atoms with Crippen molar-refractivity contribution in [1.82, 2.24) is 0 Å². The average Bonchev–Trinajstić information content (AvgIpc) is 1.25. The molecule has 0 saturated heterocycles. The highest BCUT2D eigenvalue weighted by Crippen LogP contribution is 2.33. The van der Waals surface area contributed by atoms with E-state index >= 15 is 0 Å². The molecule has 0 fully saturated rings. The van der Waals surface area contributed by atoms with E-state index in [0.717, 1.165) is 0 Å². The van der Waals surface area contributed by atoms with E-state index in [1.54, 1.807) is 0 Å². The molecule has 0 aliphatic carbocycles. The minimum Gasteiger partial charge on any atom is -0.144 e. The Labute approximate surface area is 65.5 Å². The Balaban J connectivity index is 4.02. The zero-order chi connectivity index (χ0) is 7.00. The summed E-state index contributed by atoms with van der Waals surface area (Å²) < 4.78 is -0.421. The van der Waals surface area contributed by atoms with Gasteiger partial charge in [0.2, 0.25) is 0 Å². The van der Waals surface area contributed by atoms with Crippen LogP contribution in [0, 0.1) is 0 Å². The molecule has 0 aliphatic rings. The average molecular weight is 192 g/mol. The Morgan fingerprint density at radius 1 is 1.25 bits per heavy atom. The number of alkyl halides is 1. The fourth-order valence-corrected chi connectivity index (χ4v) is 0. The fourth-order valence-electron chi connectivity index (χ4n) is 0. The molecule has 0 nitrogen and oxygen atoms in total. The highest BCUT2D eigenvalue weighted by Gasteiger charge is 2.39. The zero-order valence-corrected chi connectivity index (χ0v) is 8.40. The lowest BCUT2D eigenvalue weighted by atomic mass is 10.5. The quantitative estimate of drug-likeness (QED) is 0.339. The van der Waals surface area contributed by atoms with Gasteiger partial charge in [0.15, 0.2) is 0 Å². The summed E-state index contributed by atoms with van der Waals surface area (Å²) >= 11 is 17.4. The van der Waals surface area contributed by atoms with Gasteiger partial charge in [-0.25, -0.2) is 0 Å². The van der Waals surface area contributed by atoms with Crippen LogP contribution in [-0.2, 0) is 0 Å². The maximum Gasteiger partial charge on any atom is 0.267 e. The van der Waals surface area contributed by atoms with Crippen molar-refractivity contribution in [3.05, 3.63) is 0 Å². The zero-order valence-electron chi connectivity index (χ0n) is 5.13. The van der Waals surface area contributed by atoms with Gasteiger partial charge in [0.1, 0.15) is 0 Å². The third kappa shape index (κ3) is 2.58. The van der Waals surface area contributed by atoms with Crippen molar-refractivity contribution in [1.29, 1.82) is 0 Å². The molecule has 8 heavy (non-hydrogen) atoms. The van der Waals surface area contributed by atoms with Crippen LogP contribution in [0.1, 0.15) is 13.8 Å². The van der Waals surface area contributed by atoms with Gasteiger partial charge >= 0.3 is 0 Å². The summed E-state index contributed by atoms with van der Waals surface area (Å²) in [6.45, 7) is 3.33. The predicted octanol–water partition coefficient (Wildman–Crippen LogP) is 3.09. The lowest BCUT2D eigenvalue weighted by molar-refractivity contribution is 0.965. The fraction of sp³-hybridized carbons (Fsp3) is 1.00. The summed E-state index contributed by atoms with van der Waals surface area (Å²) in [5.41, 5.74) is 0. The smallest absolute Gasteiger partial charge is 0.144 e. The molecule has 0 radical (unpaired) electrons. The molecule has 0 amide bonds. The molecule has 0 bridgehead atoms. The van der Waals surface area contributed by atoms with E-state index < -0.39 is 11.2 Å². The third-order valence-corrected chi connectivity index (χ3v) is 7.68. The number of rotatable bonds is 1. The Morgan fingerprint density at radius 2 is 1.38 bits per heavy atom. The van der Waals surface area contributed by atoms with E-state index in [4.69, 9.17) is 33.8 Å². The molecule has 0 aromatic rings. The van der Waals surface area contributed by atoms with E-state index in [9.17, 15) is 0 Å². The van der Waals surface area contributed by atoms with Gasteiger partial charge in [0, 0.05) is 0 Å². The lowest BCUT2D eigenvalue weighted by Crippen LogP contribution is -2.37. The molecule has 4 heteroatoms. The lowest BCUT2D eigenvalue weighted by Gasteiger charge is -2.24. The van der Waals surface area contributed by atoms with Crippen molar-refractivity contribution in [3.63, 3.8) is 0 Å². The molecule has 0 aliphatic heterocycles. The van der Waals surface area contributed by atoms with Crippen molar-refractivity contribution >= 4 is 40.5 Å². The van der Waals surface area contributed by atoms with Crippen LogP contribution in [0.5, 0.6) is 0 Å². The molecule has 50 valence electrons. The van der Waals surface area contributed by atoms with Crippen molar-refractivity contribution in [2.75, 3.05) is 0 Å². The Kier molecular flexibility index (Phi) is 2.69. The molecular formula is C4H9Cl3Si. The molecule has 0 aromatic carbocycles. The molecule has 0 unspecified atom stereocenters. The Hall–Kier alpha value is 1.09. The first-order valence-electron chi connectivity index (χ1n) is 2.32. The minimum absolute atomic E-state index is 0.421. The van der Waals surface area contributed by atoms with E-state index in [2.05, 4.69) is 0 Å². The largest absolute Gasteiger partial charge is 0.267 e. The van der Waals surface area contributed by atoms with Gasteiger partial charge in [-0.3, -0.25) is 0 Å². The van der Waals surface area contributed by atoms with Gasteiger partial charge in [0.05, 0.1) is 4.50 Å². The summed E-state index contributed by atoms with van der Waals surface area (Å²) in [7, 11) is 0. The maximum absolute atomic E-state index is 5.81. The Morgan fingerprint density at radius 3 is 1.38 bits per heavy atom. The van der Waals surface area contributed by atoms with Gasteiger partial charge in [-0.05, 0) is 20.4 Å². The van der Waals surface area contributed by atoms with Crippen LogP contribution in [0.3, 0.4) is 0 Å². The van der Waals surface area contributed by atoms with Gasteiger partial charge in [-0.2, -0.15) is 0 Å². The molecule has 0 rings (SSSR count). The van der Waals surface area contributed by atoms with Crippen LogP contribution in [0.4, 0.5) is 0 Å². The molecule has 0 N–H and O–H groups in total. The third-order valence-electron chi connectivity index (χ3n) is 1.04. The molecule has 0 spiro atoms. The van der Waals surface area contributed by atoms with Crippen LogP contribution in [-0.4, -0.2) is 11.2 Å². The van der Waals surface area contributed by atoms with Gasteiger partial charge in [-0.15, -0.1) is 33.8 Å². The maximum atomic E-state index is 5.81. The summed E-state index contributed by atoms with van der Waals surface area (Å²) in [6.07, 6.45) is 0. The van der Waals surface area contributed by atoms with Gasteiger partial charge in [-0.1, -0.05) is 0 Å². The molecule has 0 saturated carbocycles. The number of hydrogen-bond donors (Lipinski definition) is 0. The Bertz CT molecular complexity index is 66.3. The second kappa shape index (κ2) is 2.37. The van der Waals surface area contributed by atoms with Crippen LogP contribution in [0.2, 0.25) is 6.55 Å². The first-order chi connectivity index (χ1) is 3.25. The van der Waals surface area contributed by atoms with Gasteiger partial charge in [0.25, 0.3) is 6.69 Å².